The molecule has 0 spiro atoms. The number of aromatic nitrogens is 4. The molecule has 3 rings (SSSR count). The largest absolute Gasteiger partial charge is 0.472 e. The van der Waals surface area contributed by atoms with Crippen LogP contribution < -0.4 is 4.74 Å². The molecule has 0 saturated carbocycles. The molecule has 7 heteroatoms. The summed E-state index contributed by atoms with van der Waals surface area (Å²) in [6, 6.07) is 11.5. The van der Waals surface area contributed by atoms with Crippen LogP contribution in [0.4, 0.5) is 0 Å². The van der Waals surface area contributed by atoms with E-state index < -0.39 is 0 Å². The van der Waals surface area contributed by atoms with Crippen molar-refractivity contribution in [1.82, 2.24) is 19.7 Å². The molecule has 0 aliphatic rings. The fourth-order valence-corrected chi connectivity index (χ4v) is 2.22. The Bertz CT molecular complexity index is 820. The molecule has 7 nitrogen and oxygen atoms in total. The molecular formula is C18H18N4O3. The molecule has 2 aromatic heterocycles. The second-order valence-corrected chi connectivity index (χ2v) is 5.21. The van der Waals surface area contributed by atoms with E-state index in [4.69, 9.17) is 9.47 Å². The van der Waals surface area contributed by atoms with E-state index in [0.29, 0.717) is 30.6 Å². The number of ether oxygens (including phenoxy) is 2. The van der Waals surface area contributed by atoms with Crippen molar-refractivity contribution in [3.63, 3.8) is 0 Å². The highest BCUT2D eigenvalue weighted by molar-refractivity contribution is 5.73. The van der Waals surface area contributed by atoms with Crippen LogP contribution >= 0.6 is 0 Å². The number of benzene rings is 1. The van der Waals surface area contributed by atoms with Crippen molar-refractivity contribution in [3.05, 3.63) is 66.1 Å². The van der Waals surface area contributed by atoms with Gasteiger partial charge in [0.2, 0.25) is 5.88 Å². The van der Waals surface area contributed by atoms with Crippen molar-refractivity contribution >= 4 is 5.97 Å². The summed E-state index contributed by atoms with van der Waals surface area (Å²) in [6.07, 6.45) is 5.00. The molecule has 0 aliphatic carbocycles. The van der Waals surface area contributed by atoms with Gasteiger partial charge in [-0.2, -0.15) is 10.1 Å². The predicted octanol–water partition coefficient (Wildman–Crippen LogP) is 2.35. The summed E-state index contributed by atoms with van der Waals surface area (Å²) in [5, 5.41) is 4.11. The number of rotatable bonds is 7. The average molecular weight is 338 g/mol. The molecule has 0 bridgehead atoms. The first kappa shape index (κ1) is 16.6. The molecule has 128 valence electrons. The second-order valence-electron chi connectivity index (χ2n) is 5.21. The minimum Gasteiger partial charge on any atom is -0.472 e. The van der Waals surface area contributed by atoms with Gasteiger partial charge in [-0.1, -0.05) is 30.3 Å². The highest BCUT2D eigenvalue weighted by atomic mass is 16.5. The van der Waals surface area contributed by atoms with Gasteiger partial charge in [0.05, 0.1) is 13.0 Å². The van der Waals surface area contributed by atoms with E-state index in [9.17, 15) is 4.79 Å². The van der Waals surface area contributed by atoms with Crippen LogP contribution in [0.25, 0.3) is 5.95 Å². The molecule has 0 saturated heterocycles. The van der Waals surface area contributed by atoms with E-state index >= 15 is 0 Å². The quantitative estimate of drug-likeness (QED) is 0.615. The summed E-state index contributed by atoms with van der Waals surface area (Å²) < 4.78 is 12.4. The maximum Gasteiger partial charge on any atom is 0.310 e. The fraction of sp³-hybridized carbons (Fsp3) is 0.222. The molecule has 0 atom stereocenters. The number of hydrogen-bond donors (Lipinski definition) is 0. The molecular weight excluding hydrogens is 320 g/mol. The SMILES string of the molecule is CCOC(=O)Cc1cnc(-n2cccn2)nc1OCc1ccccc1. The smallest absolute Gasteiger partial charge is 0.310 e. The number of nitrogens with zero attached hydrogens (tertiary/aromatic N) is 4. The molecule has 0 amide bonds. The molecule has 0 aliphatic heterocycles. The van der Waals surface area contributed by atoms with Crippen LogP contribution in [0.5, 0.6) is 5.88 Å². The summed E-state index contributed by atoms with van der Waals surface area (Å²) in [7, 11) is 0. The lowest BCUT2D eigenvalue weighted by Gasteiger charge is -2.11. The first-order chi connectivity index (χ1) is 12.3. The zero-order valence-corrected chi connectivity index (χ0v) is 13.8. The van der Waals surface area contributed by atoms with Crippen molar-refractivity contribution in [1.29, 1.82) is 0 Å². The van der Waals surface area contributed by atoms with Gasteiger partial charge in [0.25, 0.3) is 5.95 Å². The maximum absolute atomic E-state index is 11.8. The molecule has 1 aromatic carbocycles. The third kappa shape index (κ3) is 4.41. The van der Waals surface area contributed by atoms with Crippen LogP contribution in [0.1, 0.15) is 18.1 Å². The van der Waals surface area contributed by atoms with Gasteiger partial charge in [-0.15, -0.1) is 0 Å². The Kier molecular flexibility index (Phi) is 5.36. The van der Waals surface area contributed by atoms with Crippen LogP contribution in [-0.4, -0.2) is 32.3 Å². The summed E-state index contributed by atoms with van der Waals surface area (Å²) >= 11 is 0. The van der Waals surface area contributed by atoms with Crippen LogP contribution in [0.15, 0.2) is 55.0 Å². The van der Waals surface area contributed by atoms with Gasteiger partial charge in [0, 0.05) is 24.2 Å². The zero-order chi connectivity index (χ0) is 17.5. The average Bonchev–Trinajstić information content (AvgIpc) is 3.16. The molecule has 0 unspecified atom stereocenters. The van der Waals surface area contributed by atoms with Gasteiger partial charge < -0.3 is 9.47 Å². The molecule has 0 fully saturated rings. The van der Waals surface area contributed by atoms with Crippen molar-refractivity contribution in [3.8, 4) is 11.8 Å². The van der Waals surface area contributed by atoms with E-state index in [1.54, 1.807) is 31.6 Å². The van der Waals surface area contributed by atoms with Crippen molar-refractivity contribution < 1.29 is 14.3 Å². The summed E-state index contributed by atoms with van der Waals surface area (Å²) in [5.74, 6) is 0.376. The molecule has 25 heavy (non-hydrogen) atoms. The van der Waals surface area contributed by atoms with Crippen molar-refractivity contribution in [2.75, 3.05) is 6.61 Å². The Balaban J connectivity index is 1.84. The molecule has 2 heterocycles. The lowest BCUT2D eigenvalue weighted by molar-refractivity contribution is -0.142. The minimum atomic E-state index is -0.345. The lowest BCUT2D eigenvalue weighted by Crippen LogP contribution is -2.12. The number of esters is 1. The van der Waals surface area contributed by atoms with E-state index in [0.717, 1.165) is 5.56 Å². The summed E-state index contributed by atoms with van der Waals surface area (Å²) in [4.78, 5) is 20.5. The zero-order valence-electron chi connectivity index (χ0n) is 13.8. The second kappa shape index (κ2) is 8.05. The van der Waals surface area contributed by atoms with Crippen LogP contribution in [0.3, 0.4) is 0 Å². The van der Waals surface area contributed by atoms with Gasteiger partial charge >= 0.3 is 5.97 Å². The van der Waals surface area contributed by atoms with Crippen molar-refractivity contribution in [2.24, 2.45) is 0 Å². The Labute approximate surface area is 145 Å². The van der Waals surface area contributed by atoms with Crippen LogP contribution in [0.2, 0.25) is 0 Å². The molecule has 3 aromatic rings. The summed E-state index contributed by atoms with van der Waals surface area (Å²) in [5.41, 5.74) is 1.58. The number of carbonyl (C=O) groups is 1. The van der Waals surface area contributed by atoms with E-state index in [-0.39, 0.29) is 12.4 Å². The Morgan fingerprint density at radius 1 is 1.20 bits per heavy atom. The Hall–Kier alpha value is -3.22. The highest BCUT2D eigenvalue weighted by Gasteiger charge is 2.14. The normalized spacial score (nSPS) is 10.4. The van der Waals surface area contributed by atoms with Gasteiger partial charge in [-0.05, 0) is 18.6 Å². The number of carbonyl (C=O) groups excluding carboxylic acids is 1. The highest BCUT2D eigenvalue weighted by Crippen LogP contribution is 2.19. The predicted molar refractivity (Wildman–Crippen MR) is 90.3 cm³/mol. The van der Waals surface area contributed by atoms with Crippen molar-refractivity contribution in [2.45, 2.75) is 20.0 Å². The van der Waals surface area contributed by atoms with E-state index in [1.165, 1.54) is 4.68 Å². The maximum atomic E-state index is 11.8. The monoisotopic (exact) mass is 338 g/mol. The third-order valence-corrected chi connectivity index (χ3v) is 3.38. The van der Waals surface area contributed by atoms with Gasteiger partial charge in [-0.25, -0.2) is 9.67 Å². The Morgan fingerprint density at radius 2 is 2.04 bits per heavy atom. The van der Waals surface area contributed by atoms with Crippen LogP contribution in [-0.2, 0) is 22.6 Å². The Morgan fingerprint density at radius 3 is 2.76 bits per heavy atom. The van der Waals surface area contributed by atoms with Gasteiger partial charge in [0.15, 0.2) is 0 Å². The first-order valence-electron chi connectivity index (χ1n) is 7.94. The van der Waals surface area contributed by atoms with E-state index in [2.05, 4.69) is 15.1 Å². The number of hydrogen-bond acceptors (Lipinski definition) is 6. The van der Waals surface area contributed by atoms with Gasteiger partial charge in [-0.3, -0.25) is 4.79 Å². The summed E-state index contributed by atoms with van der Waals surface area (Å²) in [6.45, 7) is 2.43. The topological polar surface area (TPSA) is 79.1 Å². The first-order valence-corrected chi connectivity index (χ1v) is 7.94. The third-order valence-electron chi connectivity index (χ3n) is 3.38. The molecule has 0 N–H and O–H groups in total. The van der Waals surface area contributed by atoms with E-state index in [1.807, 2.05) is 30.3 Å². The minimum absolute atomic E-state index is 0.0529. The fourth-order valence-electron chi connectivity index (χ4n) is 2.22. The van der Waals surface area contributed by atoms with Crippen LogP contribution in [0, 0.1) is 0 Å². The molecule has 0 radical (unpaired) electrons. The lowest BCUT2D eigenvalue weighted by atomic mass is 10.2. The van der Waals surface area contributed by atoms with Gasteiger partial charge in [0.1, 0.15) is 6.61 Å². The standard InChI is InChI=1S/C18H18N4O3/c1-2-24-16(23)11-15-12-19-18(22-10-6-9-20-22)21-17(15)25-13-14-7-4-3-5-8-14/h3-10,12H,2,11,13H2,1H3.